The molecule has 1 aromatic heterocycles. The summed E-state index contributed by atoms with van der Waals surface area (Å²) in [6.07, 6.45) is 2.92. The van der Waals surface area contributed by atoms with Crippen LogP contribution < -0.4 is 4.74 Å². The van der Waals surface area contributed by atoms with E-state index in [4.69, 9.17) is 9.84 Å². The van der Waals surface area contributed by atoms with Gasteiger partial charge in [-0.05, 0) is 54.8 Å². The van der Waals surface area contributed by atoms with Gasteiger partial charge in [0.05, 0.1) is 13.5 Å². The van der Waals surface area contributed by atoms with Crippen molar-refractivity contribution in [2.75, 3.05) is 7.11 Å². The number of nitrogens with zero attached hydrogens (tertiary/aromatic N) is 1. The monoisotopic (exact) mass is 301 g/mol. The molecule has 0 aliphatic rings. The number of hydrogen-bond donors (Lipinski definition) is 1. The maximum Gasteiger partial charge on any atom is 0.303 e. The number of carboxylic acids is 1. The molecule has 0 atom stereocenters. The summed E-state index contributed by atoms with van der Waals surface area (Å²) in [5.74, 6) is 0.0794. The van der Waals surface area contributed by atoms with E-state index in [1.54, 1.807) is 7.11 Å². The van der Waals surface area contributed by atoms with E-state index in [1.807, 2.05) is 30.3 Å². The van der Waals surface area contributed by atoms with Crippen LogP contribution in [0.25, 0.3) is 11.3 Å². The highest BCUT2D eigenvalue weighted by Gasteiger charge is 2.11. The molecule has 0 aliphatic heterocycles. The van der Waals surface area contributed by atoms with Gasteiger partial charge in [0.2, 0.25) is 0 Å². The number of rotatable bonds is 8. The zero-order valence-electron chi connectivity index (χ0n) is 13.2. The molecular weight excluding hydrogens is 278 g/mol. The Kier molecular flexibility index (Phi) is 5.64. The maximum absolute atomic E-state index is 10.8. The number of unbranched alkanes of at least 4 members (excludes halogenated alkanes) is 1. The van der Waals surface area contributed by atoms with Crippen LogP contribution in [0.3, 0.4) is 0 Å². The fraction of sp³-hybridized carbons (Fsp3) is 0.389. The molecule has 0 fully saturated rings. The van der Waals surface area contributed by atoms with Crippen LogP contribution in [0.1, 0.15) is 31.9 Å². The highest BCUT2D eigenvalue weighted by Crippen LogP contribution is 2.26. The minimum absolute atomic E-state index is 0.165. The van der Waals surface area contributed by atoms with Crippen molar-refractivity contribution in [1.29, 1.82) is 0 Å². The van der Waals surface area contributed by atoms with Crippen molar-refractivity contribution in [2.45, 2.75) is 39.2 Å². The van der Waals surface area contributed by atoms with Crippen molar-refractivity contribution < 1.29 is 14.6 Å². The average molecular weight is 301 g/mol. The Morgan fingerprint density at radius 3 is 2.50 bits per heavy atom. The highest BCUT2D eigenvalue weighted by atomic mass is 16.5. The molecule has 1 N–H and O–H groups in total. The summed E-state index contributed by atoms with van der Waals surface area (Å²) < 4.78 is 7.44. The van der Waals surface area contributed by atoms with Crippen LogP contribution in [0.2, 0.25) is 0 Å². The van der Waals surface area contributed by atoms with Crippen LogP contribution >= 0.6 is 0 Å². The van der Waals surface area contributed by atoms with Gasteiger partial charge in [0.25, 0.3) is 0 Å². The first-order chi connectivity index (χ1) is 10.7. The van der Waals surface area contributed by atoms with Crippen molar-refractivity contribution in [2.24, 2.45) is 0 Å². The number of aryl methyl sites for hydroxylation is 1. The number of carboxylic acid groups (broad SMARTS) is 1. The summed E-state index contributed by atoms with van der Waals surface area (Å²) >= 11 is 0. The minimum atomic E-state index is -0.755. The largest absolute Gasteiger partial charge is 0.497 e. The van der Waals surface area contributed by atoms with Crippen molar-refractivity contribution in [1.82, 2.24) is 4.57 Å². The number of carbonyl (C=O) groups is 1. The molecule has 1 aromatic carbocycles. The molecule has 2 rings (SSSR count). The van der Waals surface area contributed by atoms with Crippen molar-refractivity contribution in [3.8, 4) is 17.0 Å². The van der Waals surface area contributed by atoms with Crippen LogP contribution in [0.5, 0.6) is 5.75 Å². The fourth-order valence-corrected chi connectivity index (χ4v) is 2.56. The van der Waals surface area contributed by atoms with Crippen LogP contribution in [-0.4, -0.2) is 22.8 Å². The van der Waals surface area contributed by atoms with Crippen LogP contribution in [0.15, 0.2) is 36.4 Å². The lowest BCUT2D eigenvalue weighted by atomic mass is 10.1. The molecule has 4 nitrogen and oxygen atoms in total. The molecule has 22 heavy (non-hydrogen) atoms. The maximum atomic E-state index is 10.8. The summed E-state index contributed by atoms with van der Waals surface area (Å²) in [6.45, 7) is 3.08. The lowest BCUT2D eigenvalue weighted by Gasteiger charge is -2.13. The molecule has 118 valence electrons. The first kappa shape index (κ1) is 16.1. The van der Waals surface area contributed by atoms with Crippen LogP contribution in [0.4, 0.5) is 0 Å². The van der Waals surface area contributed by atoms with E-state index in [0.717, 1.165) is 42.1 Å². The third-order valence-electron chi connectivity index (χ3n) is 3.79. The van der Waals surface area contributed by atoms with E-state index in [0.29, 0.717) is 6.42 Å². The van der Waals surface area contributed by atoms with Gasteiger partial charge >= 0.3 is 5.97 Å². The van der Waals surface area contributed by atoms with Gasteiger partial charge in [-0.3, -0.25) is 4.79 Å². The molecule has 0 aliphatic carbocycles. The second kappa shape index (κ2) is 7.69. The Labute approximate surface area is 131 Å². The van der Waals surface area contributed by atoms with E-state index in [-0.39, 0.29) is 6.42 Å². The van der Waals surface area contributed by atoms with Gasteiger partial charge in [-0.1, -0.05) is 13.3 Å². The minimum Gasteiger partial charge on any atom is -0.497 e. The van der Waals surface area contributed by atoms with Gasteiger partial charge in [0, 0.05) is 17.9 Å². The Morgan fingerprint density at radius 2 is 1.91 bits per heavy atom. The smallest absolute Gasteiger partial charge is 0.303 e. The van der Waals surface area contributed by atoms with Gasteiger partial charge in [-0.2, -0.15) is 0 Å². The number of methoxy groups -OCH3 is 1. The van der Waals surface area contributed by atoms with Gasteiger partial charge < -0.3 is 14.4 Å². The third-order valence-corrected chi connectivity index (χ3v) is 3.79. The number of aromatic nitrogens is 1. The van der Waals surface area contributed by atoms with Crippen LogP contribution in [0, 0.1) is 0 Å². The Hall–Kier alpha value is -2.23. The molecule has 0 radical (unpaired) electrons. The first-order valence-corrected chi connectivity index (χ1v) is 7.70. The highest BCUT2D eigenvalue weighted by molar-refractivity contribution is 5.67. The Morgan fingerprint density at radius 1 is 1.18 bits per heavy atom. The molecule has 0 spiro atoms. The number of aliphatic carboxylic acids is 1. The molecular formula is C18H23NO3. The zero-order chi connectivity index (χ0) is 15.9. The average Bonchev–Trinajstić information content (AvgIpc) is 2.93. The van der Waals surface area contributed by atoms with Gasteiger partial charge in [-0.15, -0.1) is 0 Å². The number of hydrogen-bond acceptors (Lipinski definition) is 2. The molecule has 0 unspecified atom stereocenters. The lowest BCUT2D eigenvalue weighted by Crippen LogP contribution is -2.07. The Balaban J connectivity index is 2.30. The predicted molar refractivity (Wildman–Crippen MR) is 87.3 cm³/mol. The fourth-order valence-electron chi connectivity index (χ4n) is 2.56. The lowest BCUT2D eigenvalue weighted by molar-refractivity contribution is -0.136. The molecule has 0 bridgehead atoms. The van der Waals surface area contributed by atoms with Crippen molar-refractivity contribution in [3.05, 3.63) is 42.1 Å². The molecule has 0 saturated carbocycles. The number of benzene rings is 1. The van der Waals surface area contributed by atoms with E-state index >= 15 is 0 Å². The quantitative estimate of drug-likeness (QED) is 0.802. The summed E-state index contributed by atoms with van der Waals surface area (Å²) in [5, 5.41) is 8.90. The predicted octanol–water partition coefficient (Wildman–Crippen LogP) is 3.98. The molecule has 2 aromatic rings. The molecule has 0 amide bonds. The third kappa shape index (κ3) is 3.91. The Bertz CT molecular complexity index is 614. The van der Waals surface area contributed by atoms with Crippen LogP contribution in [-0.2, 0) is 17.8 Å². The van der Waals surface area contributed by atoms with E-state index in [1.165, 1.54) is 0 Å². The summed E-state index contributed by atoms with van der Waals surface area (Å²) in [6, 6.07) is 12.1. The first-order valence-electron chi connectivity index (χ1n) is 7.70. The summed E-state index contributed by atoms with van der Waals surface area (Å²) in [4.78, 5) is 10.8. The van der Waals surface area contributed by atoms with Gasteiger partial charge in [0.1, 0.15) is 5.75 Å². The van der Waals surface area contributed by atoms with Gasteiger partial charge in [-0.25, -0.2) is 0 Å². The summed E-state index contributed by atoms with van der Waals surface area (Å²) in [7, 11) is 1.66. The molecule has 4 heteroatoms. The zero-order valence-corrected chi connectivity index (χ0v) is 13.2. The molecule has 0 saturated heterocycles. The van der Waals surface area contributed by atoms with Gasteiger partial charge in [0.15, 0.2) is 0 Å². The van der Waals surface area contributed by atoms with Crippen molar-refractivity contribution >= 4 is 5.97 Å². The second-order valence-corrected chi connectivity index (χ2v) is 5.34. The number of ether oxygens (including phenoxy) is 1. The van der Waals surface area contributed by atoms with Crippen molar-refractivity contribution in [3.63, 3.8) is 0 Å². The SMILES string of the molecule is CCCCn1c(CCC(=O)O)ccc1-c1ccc(OC)cc1. The topological polar surface area (TPSA) is 51.5 Å². The van der Waals surface area contributed by atoms with E-state index in [2.05, 4.69) is 17.6 Å². The van der Waals surface area contributed by atoms with E-state index < -0.39 is 5.97 Å². The standard InChI is InChI=1S/C18H23NO3/c1-3-4-13-19-15(8-12-18(20)21)7-11-17(19)14-5-9-16(22-2)10-6-14/h5-7,9-11H,3-4,8,12-13H2,1-2H3,(H,20,21). The second-order valence-electron chi connectivity index (χ2n) is 5.34. The van der Waals surface area contributed by atoms with E-state index in [9.17, 15) is 4.79 Å². The summed E-state index contributed by atoms with van der Waals surface area (Å²) in [5.41, 5.74) is 3.34. The molecule has 1 heterocycles. The normalized spacial score (nSPS) is 10.6.